The van der Waals surface area contributed by atoms with Crippen LogP contribution in [0.3, 0.4) is 0 Å². The highest BCUT2D eigenvalue weighted by atomic mass is 16.5. The fraction of sp³-hybridized carbons (Fsp3) is 1.00. The van der Waals surface area contributed by atoms with Crippen molar-refractivity contribution < 1.29 is 14.9 Å². The topological polar surface area (TPSA) is 49.7 Å². The minimum Gasteiger partial charge on any atom is -0.396 e. The lowest BCUT2D eigenvalue weighted by Crippen LogP contribution is -1.91. The third-order valence-electron chi connectivity index (χ3n) is 0.661. The van der Waals surface area contributed by atoms with Crippen molar-refractivity contribution in [2.45, 2.75) is 13.8 Å². The molecule has 64 valence electrons. The number of rotatable bonds is 3. The maximum atomic E-state index is 8.14. The number of hydrogen-bond acceptors (Lipinski definition) is 3. The van der Waals surface area contributed by atoms with Gasteiger partial charge in [-0.2, -0.15) is 0 Å². The highest BCUT2D eigenvalue weighted by Gasteiger charge is 1.81. The smallest absolute Gasteiger partial charge is 0.0693 e. The molecule has 0 aliphatic carbocycles. The first-order chi connectivity index (χ1) is 4.68. The summed E-state index contributed by atoms with van der Waals surface area (Å²) in [6.45, 7) is 4.82. The molecule has 0 saturated carbocycles. The first-order valence-corrected chi connectivity index (χ1v) is 3.39. The Bertz CT molecular complexity index is 44.1. The van der Waals surface area contributed by atoms with Gasteiger partial charge < -0.3 is 14.9 Å². The second-order valence-electron chi connectivity index (χ2n) is 2.29. The minimum atomic E-state index is 0.122. The normalized spacial score (nSPS) is 9.00. The Kier molecular flexibility index (Phi) is 14.6. The molecule has 0 aromatic rings. The maximum absolute atomic E-state index is 8.14. The Hall–Kier alpha value is -0.120. The largest absolute Gasteiger partial charge is 0.396 e. The van der Waals surface area contributed by atoms with Crippen LogP contribution in [0, 0.1) is 5.92 Å². The SMILES string of the molecule is CC(C)CO.COCCO. The van der Waals surface area contributed by atoms with Gasteiger partial charge in [0.15, 0.2) is 0 Å². The molecule has 0 saturated heterocycles. The van der Waals surface area contributed by atoms with Gasteiger partial charge in [-0.25, -0.2) is 0 Å². The summed E-state index contributed by atoms with van der Waals surface area (Å²) in [5.41, 5.74) is 0. The van der Waals surface area contributed by atoms with E-state index in [2.05, 4.69) is 4.74 Å². The average molecular weight is 150 g/mol. The monoisotopic (exact) mass is 150 g/mol. The van der Waals surface area contributed by atoms with E-state index in [1.807, 2.05) is 13.8 Å². The molecule has 0 aliphatic heterocycles. The number of hydrogen-bond donors (Lipinski definition) is 2. The van der Waals surface area contributed by atoms with Gasteiger partial charge in [0.05, 0.1) is 13.2 Å². The third kappa shape index (κ3) is 24.8. The van der Waals surface area contributed by atoms with Gasteiger partial charge in [0.2, 0.25) is 0 Å². The fourth-order valence-corrected chi connectivity index (χ4v) is 0.0913. The third-order valence-corrected chi connectivity index (χ3v) is 0.661. The van der Waals surface area contributed by atoms with E-state index < -0.39 is 0 Å². The van der Waals surface area contributed by atoms with Gasteiger partial charge >= 0.3 is 0 Å². The van der Waals surface area contributed by atoms with Crippen LogP contribution in [-0.4, -0.2) is 37.1 Å². The van der Waals surface area contributed by atoms with E-state index in [4.69, 9.17) is 10.2 Å². The molecular weight excluding hydrogens is 132 g/mol. The van der Waals surface area contributed by atoms with Crippen molar-refractivity contribution in [3.63, 3.8) is 0 Å². The predicted octanol–water partition coefficient (Wildman–Crippen LogP) is 0.260. The average Bonchev–Trinajstić information content (AvgIpc) is 1.91. The van der Waals surface area contributed by atoms with Crippen molar-refractivity contribution in [2.75, 3.05) is 26.9 Å². The summed E-state index contributed by atoms with van der Waals surface area (Å²) in [7, 11) is 1.55. The van der Waals surface area contributed by atoms with E-state index in [1.165, 1.54) is 0 Å². The summed E-state index contributed by atoms with van der Waals surface area (Å²) in [4.78, 5) is 0. The van der Waals surface area contributed by atoms with Crippen molar-refractivity contribution in [3.8, 4) is 0 Å². The molecular formula is C7H18O3. The molecule has 0 unspecified atom stereocenters. The molecule has 0 bridgehead atoms. The Morgan fingerprint density at radius 2 is 1.70 bits per heavy atom. The van der Waals surface area contributed by atoms with Crippen LogP contribution < -0.4 is 0 Å². The maximum Gasteiger partial charge on any atom is 0.0693 e. The van der Waals surface area contributed by atoms with Crippen LogP contribution in [0.15, 0.2) is 0 Å². The number of aliphatic hydroxyl groups excluding tert-OH is 2. The van der Waals surface area contributed by atoms with Crippen molar-refractivity contribution in [1.29, 1.82) is 0 Å². The van der Waals surface area contributed by atoms with Crippen molar-refractivity contribution in [2.24, 2.45) is 5.92 Å². The zero-order chi connectivity index (χ0) is 8.41. The first-order valence-electron chi connectivity index (χ1n) is 3.39. The lowest BCUT2D eigenvalue weighted by molar-refractivity contribution is 0.135. The van der Waals surface area contributed by atoms with Gasteiger partial charge in [-0.3, -0.25) is 0 Å². The molecule has 2 N–H and O–H groups in total. The van der Waals surface area contributed by atoms with E-state index >= 15 is 0 Å². The van der Waals surface area contributed by atoms with Gasteiger partial charge in [-0.15, -0.1) is 0 Å². The number of methoxy groups -OCH3 is 1. The molecule has 0 aliphatic rings. The molecule has 0 fully saturated rings. The van der Waals surface area contributed by atoms with Gasteiger partial charge in [-0.05, 0) is 5.92 Å². The molecule has 0 rings (SSSR count). The van der Waals surface area contributed by atoms with Gasteiger partial charge in [0.1, 0.15) is 0 Å². The minimum absolute atomic E-state index is 0.122. The summed E-state index contributed by atoms with van der Waals surface area (Å²) in [5, 5.41) is 16.1. The van der Waals surface area contributed by atoms with Crippen LogP contribution in [0.2, 0.25) is 0 Å². The summed E-state index contributed by atoms with van der Waals surface area (Å²) in [6.07, 6.45) is 0. The molecule has 3 heteroatoms. The summed E-state index contributed by atoms with van der Waals surface area (Å²) in [6, 6.07) is 0. The summed E-state index contributed by atoms with van der Waals surface area (Å²) in [5.74, 6) is 0.440. The van der Waals surface area contributed by atoms with E-state index in [0.29, 0.717) is 19.1 Å². The zero-order valence-corrected chi connectivity index (χ0v) is 7.00. The summed E-state index contributed by atoms with van der Waals surface area (Å²) >= 11 is 0. The molecule has 10 heavy (non-hydrogen) atoms. The van der Waals surface area contributed by atoms with E-state index in [-0.39, 0.29) is 6.61 Å². The quantitative estimate of drug-likeness (QED) is 0.606. The van der Waals surface area contributed by atoms with Gasteiger partial charge in [0.25, 0.3) is 0 Å². The summed E-state index contributed by atoms with van der Waals surface area (Å²) < 4.78 is 4.44. The van der Waals surface area contributed by atoms with Crippen molar-refractivity contribution in [1.82, 2.24) is 0 Å². The molecule has 0 amide bonds. The van der Waals surface area contributed by atoms with E-state index in [1.54, 1.807) is 7.11 Å². The molecule has 0 heterocycles. The Labute approximate surface area is 62.6 Å². The Morgan fingerprint density at radius 1 is 1.30 bits per heavy atom. The van der Waals surface area contributed by atoms with Crippen LogP contribution in [-0.2, 0) is 4.74 Å². The van der Waals surface area contributed by atoms with Crippen LogP contribution >= 0.6 is 0 Å². The molecule has 0 spiro atoms. The van der Waals surface area contributed by atoms with Crippen LogP contribution in [0.1, 0.15) is 13.8 Å². The lowest BCUT2D eigenvalue weighted by Gasteiger charge is -1.90. The molecule has 0 aromatic heterocycles. The first kappa shape index (κ1) is 12.5. The molecule has 3 nitrogen and oxygen atoms in total. The molecule has 0 radical (unpaired) electrons. The highest BCUT2D eigenvalue weighted by molar-refractivity contribution is 4.32. The second-order valence-corrected chi connectivity index (χ2v) is 2.29. The highest BCUT2D eigenvalue weighted by Crippen LogP contribution is 1.83. The van der Waals surface area contributed by atoms with Crippen LogP contribution in [0.4, 0.5) is 0 Å². The predicted molar refractivity (Wildman–Crippen MR) is 40.9 cm³/mol. The standard InChI is InChI=1S/C4H10O.C3H8O2/c1-4(2)3-5;1-5-3-2-4/h4-5H,3H2,1-2H3;4H,2-3H2,1H3. The van der Waals surface area contributed by atoms with E-state index in [0.717, 1.165) is 0 Å². The Balaban J connectivity index is 0. The number of ether oxygens (including phenoxy) is 1. The van der Waals surface area contributed by atoms with E-state index in [9.17, 15) is 0 Å². The lowest BCUT2D eigenvalue weighted by atomic mass is 10.2. The number of aliphatic hydroxyl groups is 2. The second kappa shape index (κ2) is 11.6. The van der Waals surface area contributed by atoms with Crippen LogP contribution in [0.5, 0.6) is 0 Å². The van der Waals surface area contributed by atoms with Crippen LogP contribution in [0.25, 0.3) is 0 Å². The molecule has 0 atom stereocenters. The fourth-order valence-electron chi connectivity index (χ4n) is 0.0913. The molecule has 0 aromatic carbocycles. The zero-order valence-electron chi connectivity index (χ0n) is 7.00. The Morgan fingerprint density at radius 3 is 1.70 bits per heavy atom. The van der Waals surface area contributed by atoms with Crippen molar-refractivity contribution >= 4 is 0 Å². The van der Waals surface area contributed by atoms with Gasteiger partial charge in [0, 0.05) is 13.7 Å². The van der Waals surface area contributed by atoms with Crippen molar-refractivity contribution in [3.05, 3.63) is 0 Å². The van der Waals surface area contributed by atoms with Gasteiger partial charge in [-0.1, -0.05) is 13.8 Å².